The van der Waals surface area contributed by atoms with Gasteiger partial charge in [0.15, 0.2) is 0 Å². The van der Waals surface area contributed by atoms with Gasteiger partial charge in [-0.2, -0.15) is 0 Å². The maximum absolute atomic E-state index is 14.1. The molecule has 3 aromatic rings. The Morgan fingerprint density at radius 2 is 1.76 bits per heavy atom. The number of hydrogen-bond donors (Lipinski definition) is 1. The minimum Gasteiger partial charge on any atom is -0.459 e. The molecule has 0 aliphatic rings. The molecule has 2 nitrogen and oxygen atoms in total. The molecule has 1 aromatic heterocycles. The molecule has 1 heterocycles. The van der Waals surface area contributed by atoms with E-state index in [2.05, 4.69) is 31.9 Å². The Morgan fingerprint density at radius 3 is 2.48 bits per heavy atom. The second kappa shape index (κ2) is 5.55. The van der Waals surface area contributed by atoms with Gasteiger partial charge >= 0.3 is 0 Å². The summed E-state index contributed by atoms with van der Waals surface area (Å²) in [7, 11) is 0. The van der Waals surface area contributed by atoms with Crippen LogP contribution in [-0.4, -0.2) is 0 Å². The molecule has 0 spiro atoms. The van der Waals surface area contributed by atoms with Crippen molar-refractivity contribution in [2.75, 3.05) is 0 Å². The topological polar surface area (TPSA) is 39.2 Å². The highest BCUT2D eigenvalue weighted by atomic mass is 79.9. The highest BCUT2D eigenvalue weighted by molar-refractivity contribution is 9.10. The molecule has 0 bridgehead atoms. The number of benzene rings is 2. The summed E-state index contributed by atoms with van der Waals surface area (Å²) in [4.78, 5) is 0. The summed E-state index contributed by atoms with van der Waals surface area (Å²) in [5.74, 6) is 0.238. The molecule has 0 aliphatic carbocycles. The summed E-state index contributed by atoms with van der Waals surface area (Å²) in [6, 6.07) is 9.97. The molecule has 0 saturated carbocycles. The van der Waals surface area contributed by atoms with E-state index in [1.807, 2.05) is 25.1 Å². The first-order valence-corrected chi connectivity index (χ1v) is 7.95. The van der Waals surface area contributed by atoms with Gasteiger partial charge in [-0.15, -0.1) is 0 Å². The smallest absolute Gasteiger partial charge is 0.134 e. The number of nitrogens with two attached hydrogens (primary N) is 1. The van der Waals surface area contributed by atoms with E-state index in [1.54, 1.807) is 12.1 Å². The van der Waals surface area contributed by atoms with E-state index in [1.165, 1.54) is 6.07 Å². The summed E-state index contributed by atoms with van der Waals surface area (Å²) in [5.41, 5.74) is 8.31. The molecular weight excluding hydrogens is 401 g/mol. The van der Waals surface area contributed by atoms with Crippen LogP contribution >= 0.6 is 31.9 Å². The first-order valence-electron chi connectivity index (χ1n) is 6.36. The fourth-order valence-corrected chi connectivity index (χ4v) is 3.10. The van der Waals surface area contributed by atoms with Crippen molar-refractivity contribution in [3.05, 3.63) is 68.0 Å². The maximum atomic E-state index is 14.1. The monoisotopic (exact) mass is 411 g/mol. The minimum absolute atomic E-state index is 0.349. The number of aryl methyl sites for hydroxylation is 1. The van der Waals surface area contributed by atoms with Crippen LogP contribution in [0.1, 0.15) is 22.9 Å². The Labute approximate surface area is 138 Å². The second-order valence-electron chi connectivity index (χ2n) is 4.88. The van der Waals surface area contributed by atoms with Gasteiger partial charge in [-0.05, 0) is 37.3 Å². The molecule has 2 N–H and O–H groups in total. The molecule has 21 heavy (non-hydrogen) atoms. The van der Waals surface area contributed by atoms with Crippen molar-refractivity contribution in [1.29, 1.82) is 0 Å². The van der Waals surface area contributed by atoms with E-state index in [0.29, 0.717) is 15.8 Å². The van der Waals surface area contributed by atoms with Gasteiger partial charge in [0.05, 0.1) is 6.04 Å². The van der Waals surface area contributed by atoms with E-state index >= 15 is 0 Å². The first-order chi connectivity index (χ1) is 9.97. The van der Waals surface area contributed by atoms with Crippen molar-refractivity contribution < 1.29 is 8.81 Å². The van der Waals surface area contributed by atoms with E-state index in [0.717, 1.165) is 21.0 Å². The largest absolute Gasteiger partial charge is 0.459 e. The summed E-state index contributed by atoms with van der Waals surface area (Å²) in [6.45, 7) is 1.93. The lowest BCUT2D eigenvalue weighted by Crippen LogP contribution is -2.13. The highest BCUT2D eigenvalue weighted by Crippen LogP contribution is 2.34. The Balaban J connectivity index is 2.13. The van der Waals surface area contributed by atoms with E-state index < -0.39 is 6.04 Å². The zero-order valence-corrected chi connectivity index (χ0v) is 14.3. The van der Waals surface area contributed by atoms with Crippen LogP contribution in [0.2, 0.25) is 0 Å². The molecule has 108 valence electrons. The van der Waals surface area contributed by atoms with Gasteiger partial charge in [0.2, 0.25) is 0 Å². The van der Waals surface area contributed by atoms with Gasteiger partial charge in [0, 0.05) is 25.5 Å². The predicted molar refractivity (Wildman–Crippen MR) is 88.8 cm³/mol. The standard InChI is InChI=1S/C16H12Br2FNO/c1-8-12-6-9(17)3-5-14(12)21-16(8)15(20)11-4-2-10(18)7-13(11)19/h2-7,15H,20H2,1H3. The fourth-order valence-electron chi connectivity index (χ4n) is 2.40. The molecular formula is C16H12Br2FNO. The summed E-state index contributed by atoms with van der Waals surface area (Å²) >= 11 is 6.68. The molecule has 0 saturated heterocycles. The summed E-state index contributed by atoms with van der Waals surface area (Å²) in [5, 5.41) is 0.979. The SMILES string of the molecule is Cc1c(C(N)c2ccc(Br)cc2F)oc2ccc(Br)cc12. The number of halogens is 3. The van der Waals surface area contributed by atoms with Gasteiger partial charge in [0.1, 0.15) is 17.2 Å². The average molecular weight is 413 g/mol. The Morgan fingerprint density at radius 1 is 1.10 bits per heavy atom. The number of hydrogen-bond acceptors (Lipinski definition) is 2. The number of fused-ring (bicyclic) bond motifs is 1. The van der Waals surface area contributed by atoms with E-state index in [-0.39, 0.29) is 5.82 Å². The van der Waals surface area contributed by atoms with Crippen molar-refractivity contribution in [3.63, 3.8) is 0 Å². The van der Waals surface area contributed by atoms with Crippen molar-refractivity contribution in [3.8, 4) is 0 Å². The van der Waals surface area contributed by atoms with Gasteiger partial charge in [-0.1, -0.05) is 37.9 Å². The third-order valence-electron chi connectivity index (χ3n) is 3.52. The highest BCUT2D eigenvalue weighted by Gasteiger charge is 2.21. The molecule has 1 atom stereocenters. The normalized spacial score (nSPS) is 12.8. The Kier molecular flexibility index (Phi) is 3.90. The van der Waals surface area contributed by atoms with Gasteiger partial charge in [0.25, 0.3) is 0 Å². The molecule has 2 aromatic carbocycles. The van der Waals surface area contributed by atoms with Crippen molar-refractivity contribution in [2.24, 2.45) is 5.73 Å². The van der Waals surface area contributed by atoms with Gasteiger partial charge in [-0.25, -0.2) is 4.39 Å². The van der Waals surface area contributed by atoms with Crippen molar-refractivity contribution in [2.45, 2.75) is 13.0 Å². The Bertz CT molecular complexity index is 829. The maximum Gasteiger partial charge on any atom is 0.134 e. The lowest BCUT2D eigenvalue weighted by atomic mass is 10.0. The third-order valence-corrected chi connectivity index (χ3v) is 4.50. The summed E-state index contributed by atoms with van der Waals surface area (Å²) < 4.78 is 21.6. The second-order valence-corrected chi connectivity index (χ2v) is 6.71. The molecule has 0 radical (unpaired) electrons. The first kappa shape index (κ1) is 14.8. The quantitative estimate of drug-likeness (QED) is 0.607. The van der Waals surface area contributed by atoms with Crippen LogP contribution < -0.4 is 5.73 Å². The third kappa shape index (κ3) is 2.65. The molecule has 0 aliphatic heterocycles. The fraction of sp³-hybridized carbons (Fsp3) is 0.125. The zero-order chi connectivity index (χ0) is 15.1. The average Bonchev–Trinajstić information content (AvgIpc) is 2.75. The minimum atomic E-state index is -0.635. The molecule has 0 amide bonds. The van der Waals surface area contributed by atoms with Crippen LogP contribution in [0, 0.1) is 12.7 Å². The van der Waals surface area contributed by atoms with Gasteiger partial charge in [-0.3, -0.25) is 0 Å². The van der Waals surface area contributed by atoms with Crippen LogP contribution in [0.15, 0.2) is 49.8 Å². The zero-order valence-electron chi connectivity index (χ0n) is 11.2. The van der Waals surface area contributed by atoms with Crippen LogP contribution in [-0.2, 0) is 0 Å². The van der Waals surface area contributed by atoms with Crippen LogP contribution in [0.5, 0.6) is 0 Å². The lowest BCUT2D eigenvalue weighted by Gasteiger charge is -2.11. The molecule has 3 rings (SSSR count). The molecule has 1 unspecified atom stereocenters. The number of rotatable bonds is 2. The Hall–Kier alpha value is -1.17. The van der Waals surface area contributed by atoms with Crippen LogP contribution in [0.25, 0.3) is 11.0 Å². The molecule has 5 heteroatoms. The lowest BCUT2D eigenvalue weighted by molar-refractivity contribution is 0.506. The van der Waals surface area contributed by atoms with Crippen molar-refractivity contribution >= 4 is 42.8 Å². The summed E-state index contributed by atoms with van der Waals surface area (Å²) in [6.07, 6.45) is 0. The van der Waals surface area contributed by atoms with E-state index in [4.69, 9.17) is 10.2 Å². The van der Waals surface area contributed by atoms with Crippen molar-refractivity contribution in [1.82, 2.24) is 0 Å². The van der Waals surface area contributed by atoms with Crippen LogP contribution in [0.4, 0.5) is 4.39 Å². The molecule has 0 fully saturated rings. The number of furan rings is 1. The van der Waals surface area contributed by atoms with Crippen LogP contribution in [0.3, 0.4) is 0 Å². The predicted octanol–water partition coefficient (Wildman–Crippen LogP) is 5.45. The van der Waals surface area contributed by atoms with E-state index in [9.17, 15) is 4.39 Å². The van der Waals surface area contributed by atoms with Gasteiger partial charge < -0.3 is 10.2 Å².